The predicted octanol–water partition coefficient (Wildman–Crippen LogP) is 3.33. The minimum atomic E-state index is -0.247. The number of benzene rings is 2. The maximum Gasteiger partial charge on any atom is 0.262 e. The summed E-state index contributed by atoms with van der Waals surface area (Å²) in [5.41, 5.74) is 1.48. The second-order valence-electron chi connectivity index (χ2n) is 5.44. The fourth-order valence-corrected chi connectivity index (χ4v) is 2.23. The number of aromatic nitrogens is 2. The molecule has 0 bridgehead atoms. The van der Waals surface area contributed by atoms with E-state index in [1.165, 1.54) is 0 Å². The number of aryl methyl sites for hydroxylation is 1. The van der Waals surface area contributed by atoms with Crippen molar-refractivity contribution in [3.05, 3.63) is 54.4 Å². The summed E-state index contributed by atoms with van der Waals surface area (Å²) < 4.78 is 16.1. The van der Waals surface area contributed by atoms with E-state index in [9.17, 15) is 4.79 Å². The van der Waals surface area contributed by atoms with Crippen molar-refractivity contribution in [3.8, 4) is 23.0 Å². The van der Waals surface area contributed by atoms with Crippen LogP contribution in [0.2, 0.25) is 0 Å². The molecule has 1 amide bonds. The van der Waals surface area contributed by atoms with Crippen LogP contribution in [-0.4, -0.2) is 29.8 Å². The lowest BCUT2D eigenvalue weighted by atomic mass is 10.2. The standard InChI is InChI=1S/C19H19N3O4/c1-3-18-21-22-19(26-18)13-4-8-16(9-5-13)25-12-17(23)20-14-6-10-15(24-2)11-7-14/h4-11H,3,12H2,1-2H3,(H,20,23). The molecule has 7 heteroatoms. The first-order chi connectivity index (χ1) is 12.7. The molecule has 1 heterocycles. The minimum absolute atomic E-state index is 0.0914. The molecule has 2 aromatic carbocycles. The third-order valence-corrected chi connectivity index (χ3v) is 3.61. The highest BCUT2D eigenvalue weighted by atomic mass is 16.5. The quantitative estimate of drug-likeness (QED) is 0.701. The summed E-state index contributed by atoms with van der Waals surface area (Å²) in [6, 6.07) is 14.2. The van der Waals surface area contributed by atoms with Crippen LogP contribution in [-0.2, 0) is 11.2 Å². The fraction of sp³-hybridized carbons (Fsp3) is 0.211. The number of ether oxygens (including phenoxy) is 2. The first-order valence-electron chi connectivity index (χ1n) is 8.17. The number of carbonyl (C=O) groups is 1. The molecule has 0 fully saturated rings. The van der Waals surface area contributed by atoms with Crippen LogP contribution in [0.1, 0.15) is 12.8 Å². The van der Waals surface area contributed by atoms with Gasteiger partial charge in [0.1, 0.15) is 11.5 Å². The number of nitrogens with one attached hydrogen (secondary N) is 1. The van der Waals surface area contributed by atoms with Crippen molar-refractivity contribution in [2.75, 3.05) is 19.0 Å². The zero-order valence-corrected chi connectivity index (χ0v) is 14.6. The van der Waals surface area contributed by atoms with E-state index in [2.05, 4.69) is 15.5 Å². The molecule has 26 heavy (non-hydrogen) atoms. The molecule has 0 atom stereocenters. The van der Waals surface area contributed by atoms with Crippen molar-refractivity contribution in [3.63, 3.8) is 0 Å². The van der Waals surface area contributed by atoms with E-state index in [0.29, 0.717) is 29.6 Å². The van der Waals surface area contributed by atoms with Crippen LogP contribution in [0.3, 0.4) is 0 Å². The van der Waals surface area contributed by atoms with Crippen LogP contribution in [0.4, 0.5) is 5.69 Å². The molecule has 3 aromatic rings. The molecule has 3 rings (SSSR count). The molecule has 0 aliphatic heterocycles. The number of nitrogens with zero attached hydrogens (tertiary/aromatic N) is 2. The molecule has 0 unspecified atom stereocenters. The van der Waals surface area contributed by atoms with E-state index < -0.39 is 0 Å². The summed E-state index contributed by atoms with van der Waals surface area (Å²) >= 11 is 0. The van der Waals surface area contributed by atoms with E-state index in [-0.39, 0.29) is 12.5 Å². The molecule has 0 aliphatic rings. The summed E-state index contributed by atoms with van der Waals surface area (Å²) in [7, 11) is 1.59. The van der Waals surface area contributed by atoms with Gasteiger partial charge in [-0.15, -0.1) is 10.2 Å². The zero-order valence-electron chi connectivity index (χ0n) is 14.6. The number of hydrogen-bond donors (Lipinski definition) is 1. The Bertz CT molecular complexity index is 857. The Hall–Kier alpha value is -3.35. The van der Waals surface area contributed by atoms with Gasteiger partial charge < -0.3 is 19.2 Å². The largest absolute Gasteiger partial charge is 0.497 e. The highest BCUT2D eigenvalue weighted by molar-refractivity contribution is 5.91. The zero-order chi connectivity index (χ0) is 18.4. The Morgan fingerprint density at radius 2 is 1.73 bits per heavy atom. The highest BCUT2D eigenvalue weighted by Crippen LogP contribution is 2.21. The van der Waals surface area contributed by atoms with Gasteiger partial charge >= 0.3 is 0 Å². The van der Waals surface area contributed by atoms with Gasteiger partial charge in [-0.25, -0.2) is 0 Å². The average Bonchev–Trinajstić information content (AvgIpc) is 3.17. The Kier molecular flexibility index (Phi) is 5.48. The Morgan fingerprint density at radius 1 is 1.04 bits per heavy atom. The van der Waals surface area contributed by atoms with Crippen LogP contribution in [0.15, 0.2) is 52.9 Å². The molecule has 7 nitrogen and oxygen atoms in total. The van der Waals surface area contributed by atoms with Gasteiger partial charge in [0.05, 0.1) is 7.11 Å². The molecule has 1 aromatic heterocycles. The Morgan fingerprint density at radius 3 is 2.35 bits per heavy atom. The Balaban J connectivity index is 1.53. The van der Waals surface area contributed by atoms with Crippen molar-refractivity contribution in [1.29, 1.82) is 0 Å². The molecule has 0 saturated carbocycles. The Labute approximate surface area is 151 Å². The third kappa shape index (κ3) is 4.38. The topological polar surface area (TPSA) is 86.5 Å². The monoisotopic (exact) mass is 353 g/mol. The van der Waals surface area contributed by atoms with Gasteiger partial charge in [0, 0.05) is 17.7 Å². The van der Waals surface area contributed by atoms with Crippen LogP contribution in [0.5, 0.6) is 11.5 Å². The molecule has 0 radical (unpaired) electrons. The normalized spacial score (nSPS) is 10.4. The molecule has 0 aliphatic carbocycles. The van der Waals surface area contributed by atoms with Gasteiger partial charge in [-0.2, -0.15) is 0 Å². The lowest BCUT2D eigenvalue weighted by molar-refractivity contribution is -0.118. The van der Waals surface area contributed by atoms with E-state index in [0.717, 1.165) is 11.3 Å². The summed E-state index contributed by atoms with van der Waals surface area (Å²) in [5, 5.41) is 10.7. The van der Waals surface area contributed by atoms with Crippen molar-refractivity contribution in [2.24, 2.45) is 0 Å². The van der Waals surface area contributed by atoms with Crippen LogP contribution < -0.4 is 14.8 Å². The number of carbonyl (C=O) groups excluding carboxylic acids is 1. The number of anilines is 1. The maximum absolute atomic E-state index is 12.0. The summed E-state index contributed by atoms with van der Waals surface area (Å²) in [4.78, 5) is 12.0. The van der Waals surface area contributed by atoms with Gasteiger partial charge in [-0.3, -0.25) is 4.79 Å². The first-order valence-corrected chi connectivity index (χ1v) is 8.17. The lowest BCUT2D eigenvalue weighted by Gasteiger charge is -2.08. The average molecular weight is 353 g/mol. The van der Waals surface area contributed by atoms with Crippen LogP contribution in [0.25, 0.3) is 11.5 Å². The minimum Gasteiger partial charge on any atom is -0.497 e. The maximum atomic E-state index is 12.0. The summed E-state index contributed by atoms with van der Waals surface area (Å²) in [6.45, 7) is 1.86. The number of hydrogen-bond acceptors (Lipinski definition) is 6. The van der Waals surface area contributed by atoms with Crippen molar-refractivity contribution in [1.82, 2.24) is 10.2 Å². The van der Waals surface area contributed by atoms with Crippen molar-refractivity contribution in [2.45, 2.75) is 13.3 Å². The van der Waals surface area contributed by atoms with E-state index in [1.54, 1.807) is 43.5 Å². The fourth-order valence-electron chi connectivity index (χ4n) is 2.23. The number of methoxy groups -OCH3 is 1. The first kappa shape index (κ1) is 17.5. The van der Waals surface area contributed by atoms with E-state index in [1.807, 2.05) is 19.1 Å². The number of rotatable bonds is 7. The lowest BCUT2D eigenvalue weighted by Crippen LogP contribution is -2.20. The number of amides is 1. The SMILES string of the molecule is CCc1nnc(-c2ccc(OCC(=O)Nc3ccc(OC)cc3)cc2)o1. The second-order valence-corrected chi connectivity index (χ2v) is 5.44. The third-order valence-electron chi connectivity index (χ3n) is 3.61. The highest BCUT2D eigenvalue weighted by Gasteiger charge is 2.08. The van der Waals surface area contributed by atoms with Crippen LogP contribution >= 0.6 is 0 Å². The molecule has 0 saturated heterocycles. The second kappa shape index (κ2) is 8.15. The smallest absolute Gasteiger partial charge is 0.262 e. The van der Waals surface area contributed by atoms with Gasteiger partial charge in [-0.05, 0) is 48.5 Å². The molecular formula is C19H19N3O4. The molecule has 134 valence electrons. The molecular weight excluding hydrogens is 334 g/mol. The van der Waals surface area contributed by atoms with Gasteiger partial charge in [0.25, 0.3) is 5.91 Å². The summed E-state index contributed by atoms with van der Waals surface area (Å²) in [6.07, 6.45) is 0.692. The molecule has 0 spiro atoms. The van der Waals surface area contributed by atoms with Crippen molar-refractivity contribution < 1.29 is 18.7 Å². The van der Waals surface area contributed by atoms with E-state index in [4.69, 9.17) is 13.9 Å². The predicted molar refractivity (Wildman–Crippen MR) is 96.2 cm³/mol. The van der Waals surface area contributed by atoms with Gasteiger partial charge in [0.2, 0.25) is 11.8 Å². The van der Waals surface area contributed by atoms with E-state index >= 15 is 0 Å². The summed E-state index contributed by atoms with van der Waals surface area (Å²) in [5.74, 6) is 2.12. The van der Waals surface area contributed by atoms with Crippen molar-refractivity contribution >= 4 is 11.6 Å². The van der Waals surface area contributed by atoms with Crippen LogP contribution in [0, 0.1) is 0 Å². The van der Waals surface area contributed by atoms with Gasteiger partial charge in [0.15, 0.2) is 6.61 Å². The van der Waals surface area contributed by atoms with Gasteiger partial charge in [-0.1, -0.05) is 6.92 Å². The molecule has 1 N–H and O–H groups in total.